The number of hydrogen-bond acceptors (Lipinski definition) is 7. The third kappa shape index (κ3) is 11.4. The molecule has 0 radical (unpaired) electrons. The average Bonchev–Trinajstić information content (AvgIpc) is 2.93. The van der Waals surface area contributed by atoms with Crippen molar-refractivity contribution in [1.82, 2.24) is 0 Å². The first kappa shape index (κ1) is 36.5. The van der Waals surface area contributed by atoms with Crippen LogP contribution < -0.4 is 9.47 Å². The highest BCUT2D eigenvalue weighted by Gasteiger charge is 2.31. The summed E-state index contributed by atoms with van der Waals surface area (Å²) in [6.07, 6.45) is 12.6. The molecule has 8 nitrogen and oxygen atoms in total. The van der Waals surface area contributed by atoms with E-state index in [1.165, 1.54) is 58.3 Å². The van der Waals surface area contributed by atoms with Crippen molar-refractivity contribution in [1.29, 1.82) is 0 Å². The van der Waals surface area contributed by atoms with Gasteiger partial charge in [0, 0.05) is 45.9 Å². The number of allylic oxidation sites excluding steroid dienone is 6. The van der Waals surface area contributed by atoms with Crippen LogP contribution in [0.3, 0.4) is 0 Å². The maximum absolute atomic E-state index is 13.1. The molecule has 2 heterocycles. The Morgan fingerprint density at radius 3 is 2.09 bits per heavy atom. The van der Waals surface area contributed by atoms with Gasteiger partial charge >= 0.3 is 11.0 Å². The molecule has 47 heavy (non-hydrogen) atoms. The molecule has 18 heteroatoms. The maximum atomic E-state index is 13.1. The molecule has 0 fully saturated rings. The fourth-order valence-electron chi connectivity index (χ4n) is 4.56. The number of aryl methyl sites for hydroxylation is 1. The van der Waals surface area contributed by atoms with Crippen molar-refractivity contribution in [3.05, 3.63) is 96.4 Å². The first-order valence-corrected chi connectivity index (χ1v) is 18.1. The molecule has 1 aliphatic heterocycles. The Hall–Kier alpha value is -3.29. The fraction of sp³-hybridized carbons (Fsp3) is 0.207. The van der Waals surface area contributed by atoms with Gasteiger partial charge in [0.25, 0.3) is 20.2 Å². The van der Waals surface area contributed by atoms with E-state index in [1.807, 2.05) is 0 Å². The molecule has 0 amide bonds. The highest BCUT2D eigenvalue weighted by molar-refractivity contribution is 8.00. The second kappa shape index (κ2) is 14.4. The van der Waals surface area contributed by atoms with E-state index in [9.17, 15) is 43.2 Å². The first-order valence-electron chi connectivity index (χ1n) is 13.3. The van der Waals surface area contributed by atoms with Crippen LogP contribution in [-0.4, -0.2) is 55.0 Å². The van der Waals surface area contributed by atoms with E-state index in [0.717, 1.165) is 0 Å². The average molecular weight is 740 g/mol. The van der Waals surface area contributed by atoms with E-state index in [-0.39, 0.29) is 46.4 Å². The van der Waals surface area contributed by atoms with Crippen molar-refractivity contribution >= 4 is 72.0 Å². The lowest BCUT2D eigenvalue weighted by molar-refractivity contribution is -0.666. The molecule has 252 valence electrons. The number of halogens is 6. The standard InChI is InChI=1S/C29H24F6N2O6S4/c30-28(31,32)44-22-6-8-26-24(18-22)20(10-12-36(26)14-16-46(38,39)40)4-2-1-3-5-21-11-13-37(15-17-47(41,42)43)27-9-7-23(19-25(21)27)45-29(33,34)35/h1-13,18-19H,14-17H2,(H-,38,39,40,41,42,43)/p+1. The van der Waals surface area contributed by atoms with Gasteiger partial charge in [-0.05, 0) is 71.1 Å². The summed E-state index contributed by atoms with van der Waals surface area (Å²) in [4.78, 5) is 1.30. The van der Waals surface area contributed by atoms with Crippen LogP contribution in [0.5, 0.6) is 0 Å². The Bertz CT molecular complexity index is 1990. The molecule has 0 saturated heterocycles. The molecule has 2 aromatic carbocycles. The molecule has 2 N–H and O–H groups in total. The molecule has 0 atom stereocenters. The molecule has 4 rings (SSSR count). The van der Waals surface area contributed by atoms with Crippen molar-refractivity contribution in [2.24, 2.45) is 0 Å². The van der Waals surface area contributed by atoms with Crippen molar-refractivity contribution in [3.63, 3.8) is 0 Å². The number of rotatable bonds is 11. The Labute approximate surface area is 274 Å². The van der Waals surface area contributed by atoms with Gasteiger partial charge in [0.2, 0.25) is 5.52 Å². The minimum Gasteiger partial charge on any atom is -0.346 e. The third-order valence-corrected chi connectivity index (χ3v) is 9.31. The molecule has 0 spiro atoms. The van der Waals surface area contributed by atoms with Crippen LogP contribution >= 0.6 is 23.5 Å². The molecule has 0 unspecified atom stereocenters. The molecular formula is C29H25F6N2O6S4+. The summed E-state index contributed by atoms with van der Waals surface area (Å²) < 4.78 is 143. The van der Waals surface area contributed by atoms with E-state index in [4.69, 9.17) is 9.11 Å². The molecular weight excluding hydrogens is 715 g/mol. The lowest BCUT2D eigenvalue weighted by Gasteiger charge is -2.28. The van der Waals surface area contributed by atoms with Crippen molar-refractivity contribution in [2.45, 2.75) is 27.4 Å². The second-order valence-electron chi connectivity index (χ2n) is 9.87. The first-order chi connectivity index (χ1) is 21.8. The largest absolute Gasteiger partial charge is 0.446 e. The summed E-state index contributed by atoms with van der Waals surface area (Å²) in [5.41, 5.74) is -6.87. The third-order valence-electron chi connectivity index (χ3n) is 6.47. The highest BCUT2D eigenvalue weighted by Crippen LogP contribution is 2.41. The Balaban J connectivity index is 1.64. The summed E-state index contributed by atoms with van der Waals surface area (Å²) >= 11 is -0.618. The van der Waals surface area contributed by atoms with Crippen LogP contribution in [-0.2, 0) is 26.8 Å². The molecule has 0 aliphatic carbocycles. The van der Waals surface area contributed by atoms with Crippen LogP contribution in [0.2, 0.25) is 0 Å². The van der Waals surface area contributed by atoms with Gasteiger partial charge in [0.05, 0.1) is 11.1 Å². The monoisotopic (exact) mass is 739 g/mol. The number of hydrogen-bond donors (Lipinski definition) is 2. The van der Waals surface area contributed by atoms with Crippen LogP contribution in [0.25, 0.3) is 22.6 Å². The van der Waals surface area contributed by atoms with E-state index in [2.05, 4.69) is 0 Å². The molecule has 0 saturated carbocycles. The number of thioether (sulfide) groups is 2. The van der Waals surface area contributed by atoms with Crippen LogP contribution in [0, 0.1) is 0 Å². The van der Waals surface area contributed by atoms with Crippen LogP contribution in [0.4, 0.5) is 32.0 Å². The predicted molar refractivity (Wildman–Crippen MR) is 170 cm³/mol. The van der Waals surface area contributed by atoms with Crippen molar-refractivity contribution in [3.8, 4) is 0 Å². The summed E-state index contributed by atoms with van der Waals surface area (Å²) in [6, 6.07) is 9.54. The number of alkyl halides is 6. The minimum atomic E-state index is -4.54. The topological polar surface area (TPSA) is 116 Å². The summed E-state index contributed by atoms with van der Waals surface area (Å²) in [5.74, 6) is -1.21. The van der Waals surface area contributed by atoms with Gasteiger partial charge in [-0.3, -0.25) is 9.11 Å². The molecule has 1 aromatic heterocycles. The lowest BCUT2D eigenvalue weighted by atomic mass is 9.99. The zero-order valence-corrected chi connectivity index (χ0v) is 27.1. The van der Waals surface area contributed by atoms with Gasteiger partial charge in [-0.25, -0.2) is 0 Å². The maximum Gasteiger partial charge on any atom is 0.446 e. The van der Waals surface area contributed by atoms with Gasteiger partial charge < -0.3 is 4.90 Å². The van der Waals surface area contributed by atoms with Crippen LogP contribution in [0.15, 0.2) is 95.0 Å². The van der Waals surface area contributed by atoms with Gasteiger partial charge in [-0.1, -0.05) is 30.4 Å². The molecule has 3 aromatic rings. The van der Waals surface area contributed by atoms with Gasteiger partial charge in [0.15, 0.2) is 12.7 Å². The van der Waals surface area contributed by atoms with Gasteiger partial charge in [-0.15, -0.1) is 0 Å². The number of nitrogens with zero attached hydrogens (tertiary/aromatic N) is 2. The number of anilines is 1. The Kier molecular flexibility index (Phi) is 11.2. The highest BCUT2D eigenvalue weighted by atomic mass is 32.2. The Morgan fingerprint density at radius 2 is 1.45 bits per heavy atom. The Morgan fingerprint density at radius 1 is 0.809 bits per heavy atom. The van der Waals surface area contributed by atoms with Crippen LogP contribution in [0.1, 0.15) is 11.1 Å². The molecule has 1 aliphatic rings. The zero-order chi connectivity index (χ0) is 34.6. The van der Waals surface area contributed by atoms with E-state index < -0.39 is 42.8 Å². The van der Waals surface area contributed by atoms with E-state index >= 15 is 0 Å². The normalized spacial score (nSPS) is 15.4. The second-order valence-corrected chi connectivity index (χ2v) is 15.3. The van der Waals surface area contributed by atoms with Crippen molar-refractivity contribution < 1.29 is 56.9 Å². The quantitative estimate of drug-likeness (QED) is 0.0698. The SMILES string of the molecule is O=S(=O)(O)CCN1C=CC(=CC=CC=Cc2cc[n+](CCS(=O)(=O)O)c3ccc(SC(F)(F)F)cc23)c2cc(SC(F)(F)F)ccc21. The lowest BCUT2D eigenvalue weighted by Crippen LogP contribution is -2.37. The minimum absolute atomic E-state index is 0.0936. The number of fused-ring (bicyclic) bond motifs is 2. The summed E-state index contributed by atoms with van der Waals surface area (Å²) in [7, 11) is -8.60. The molecule has 0 bridgehead atoms. The van der Waals surface area contributed by atoms with E-state index in [1.54, 1.807) is 42.5 Å². The fourth-order valence-corrected chi connectivity index (χ4v) is 6.57. The number of benzene rings is 2. The van der Waals surface area contributed by atoms with Gasteiger partial charge in [0.1, 0.15) is 5.75 Å². The summed E-state index contributed by atoms with van der Waals surface area (Å²) in [6.45, 7) is -0.298. The van der Waals surface area contributed by atoms with Crippen molar-refractivity contribution in [2.75, 3.05) is 23.0 Å². The smallest absolute Gasteiger partial charge is 0.346 e. The van der Waals surface area contributed by atoms with Gasteiger partial charge in [-0.2, -0.15) is 47.7 Å². The zero-order valence-electron chi connectivity index (χ0n) is 23.8. The predicted octanol–water partition coefficient (Wildman–Crippen LogP) is 7.11. The number of aromatic nitrogens is 1. The number of pyridine rings is 1. The van der Waals surface area contributed by atoms with E-state index in [0.29, 0.717) is 33.3 Å². The summed E-state index contributed by atoms with van der Waals surface area (Å²) in [5, 5.41) is 0.379.